The Labute approximate surface area is 76.0 Å². The zero-order chi connectivity index (χ0) is 9.90. The quantitative estimate of drug-likeness (QED) is 0.604. The van der Waals surface area contributed by atoms with Crippen molar-refractivity contribution in [2.75, 3.05) is 6.61 Å². The summed E-state index contributed by atoms with van der Waals surface area (Å²) in [5, 5.41) is 8.60. The third-order valence-electron chi connectivity index (χ3n) is 1.67. The zero-order valence-corrected chi connectivity index (χ0v) is 7.82. The summed E-state index contributed by atoms with van der Waals surface area (Å²) < 4.78 is 10.7. The Bertz CT molecular complexity index is 313. The average molecular weight is 202 g/mol. The van der Waals surface area contributed by atoms with E-state index in [0.29, 0.717) is 6.42 Å². The van der Waals surface area contributed by atoms with Crippen LogP contribution in [0.1, 0.15) is 5.56 Å². The summed E-state index contributed by atoms with van der Waals surface area (Å²) in [6, 6.07) is 5.97. The van der Waals surface area contributed by atoms with Crippen molar-refractivity contribution in [2.45, 2.75) is 6.42 Å². The number of hydrogen-bond donors (Lipinski definition) is 3. The molecular weight excluding hydrogens is 191 g/mol. The van der Waals surface area contributed by atoms with E-state index in [4.69, 9.17) is 14.9 Å². The molecule has 1 rings (SSSR count). The Kier molecular flexibility index (Phi) is 3.22. The molecule has 0 saturated carbocycles. The number of benzene rings is 1. The maximum Gasteiger partial charge on any atom is 0.356 e. The van der Waals surface area contributed by atoms with Crippen molar-refractivity contribution in [3.63, 3.8) is 0 Å². The van der Waals surface area contributed by atoms with Gasteiger partial charge in [0.15, 0.2) is 0 Å². The summed E-state index contributed by atoms with van der Waals surface area (Å²) in [6.45, 7) is 0.0370. The lowest BCUT2D eigenvalue weighted by Crippen LogP contribution is -2.03. The lowest BCUT2D eigenvalue weighted by molar-refractivity contribution is 0.299. The van der Waals surface area contributed by atoms with Gasteiger partial charge < -0.3 is 14.9 Å². The van der Waals surface area contributed by atoms with Crippen LogP contribution in [0.4, 0.5) is 0 Å². The molecule has 13 heavy (non-hydrogen) atoms. The van der Waals surface area contributed by atoms with E-state index in [2.05, 4.69) is 0 Å². The molecule has 0 aliphatic rings. The van der Waals surface area contributed by atoms with Crippen LogP contribution in [-0.4, -0.2) is 21.5 Å². The van der Waals surface area contributed by atoms with Crippen molar-refractivity contribution in [3.05, 3.63) is 29.8 Å². The second-order valence-corrected chi connectivity index (χ2v) is 4.29. The van der Waals surface area contributed by atoms with Gasteiger partial charge in [-0.2, -0.15) is 0 Å². The van der Waals surface area contributed by atoms with Crippen molar-refractivity contribution < 1.29 is 19.5 Å². The molecule has 0 spiro atoms. The minimum Gasteiger partial charge on any atom is -0.396 e. The van der Waals surface area contributed by atoms with Gasteiger partial charge in [-0.15, -0.1) is 0 Å². The van der Waals surface area contributed by atoms with Crippen LogP contribution in [0, 0.1) is 0 Å². The highest BCUT2D eigenvalue weighted by Gasteiger charge is 2.15. The van der Waals surface area contributed by atoms with Crippen LogP contribution < -0.4 is 5.30 Å². The molecule has 0 amide bonds. The molecule has 0 atom stereocenters. The molecule has 0 saturated heterocycles. The average Bonchev–Trinajstić information content (AvgIpc) is 2.04. The summed E-state index contributed by atoms with van der Waals surface area (Å²) in [7, 11) is -4.12. The molecule has 0 bridgehead atoms. The van der Waals surface area contributed by atoms with E-state index in [1.54, 1.807) is 12.1 Å². The molecule has 1 aromatic carbocycles. The van der Waals surface area contributed by atoms with Gasteiger partial charge in [-0.1, -0.05) is 12.1 Å². The molecule has 4 nitrogen and oxygen atoms in total. The first kappa shape index (κ1) is 10.4. The first-order valence-corrected chi connectivity index (χ1v) is 5.41. The van der Waals surface area contributed by atoms with E-state index in [1.165, 1.54) is 12.1 Å². The Morgan fingerprint density at radius 1 is 1.15 bits per heavy atom. The maximum absolute atomic E-state index is 10.7. The standard InChI is InChI=1S/C8H11O4P/c9-6-5-7-1-3-8(4-2-7)13(10,11)12/h1-4,9H,5-6H2,(H2,10,11,12). The van der Waals surface area contributed by atoms with Crippen LogP contribution in [0.25, 0.3) is 0 Å². The first-order chi connectivity index (χ1) is 6.04. The molecule has 72 valence electrons. The first-order valence-electron chi connectivity index (χ1n) is 3.80. The lowest BCUT2D eigenvalue weighted by Gasteiger charge is -2.04. The summed E-state index contributed by atoms with van der Waals surface area (Å²) in [6.07, 6.45) is 0.501. The Morgan fingerprint density at radius 2 is 1.69 bits per heavy atom. The van der Waals surface area contributed by atoms with Gasteiger partial charge in [0.1, 0.15) is 0 Å². The molecule has 1 aromatic rings. The molecule has 3 N–H and O–H groups in total. The number of rotatable bonds is 3. The fourth-order valence-electron chi connectivity index (χ4n) is 0.986. The second-order valence-electron chi connectivity index (χ2n) is 2.68. The molecule has 0 radical (unpaired) electrons. The second kappa shape index (κ2) is 4.03. The lowest BCUT2D eigenvalue weighted by atomic mass is 10.2. The topological polar surface area (TPSA) is 77.8 Å². The number of aliphatic hydroxyl groups is 1. The molecule has 0 aliphatic carbocycles. The van der Waals surface area contributed by atoms with E-state index in [1.807, 2.05) is 0 Å². The van der Waals surface area contributed by atoms with Gasteiger partial charge >= 0.3 is 7.60 Å². The van der Waals surface area contributed by atoms with Gasteiger partial charge in [0.05, 0.1) is 5.30 Å². The highest BCUT2D eigenvalue weighted by molar-refractivity contribution is 7.60. The van der Waals surface area contributed by atoms with E-state index in [0.717, 1.165) is 5.56 Å². The van der Waals surface area contributed by atoms with Crippen LogP contribution in [-0.2, 0) is 11.0 Å². The van der Waals surface area contributed by atoms with E-state index >= 15 is 0 Å². The Hall–Kier alpha value is -0.670. The van der Waals surface area contributed by atoms with Crippen LogP contribution in [0.2, 0.25) is 0 Å². The third-order valence-corrected chi connectivity index (χ3v) is 2.64. The van der Waals surface area contributed by atoms with Crippen molar-refractivity contribution >= 4 is 12.9 Å². The van der Waals surface area contributed by atoms with Crippen LogP contribution >= 0.6 is 7.60 Å². The van der Waals surface area contributed by atoms with E-state index in [9.17, 15) is 4.57 Å². The van der Waals surface area contributed by atoms with Crippen molar-refractivity contribution in [2.24, 2.45) is 0 Å². The van der Waals surface area contributed by atoms with Crippen molar-refractivity contribution in [1.29, 1.82) is 0 Å². The minimum absolute atomic E-state index is 0.00851. The van der Waals surface area contributed by atoms with Gasteiger partial charge in [-0.05, 0) is 24.1 Å². The fourth-order valence-corrected chi connectivity index (χ4v) is 1.52. The summed E-state index contributed by atoms with van der Waals surface area (Å²) in [5.41, 5.74) is 0.861. The van der Waals surface area contributed by atoms with Crippen molar-refractivity contribution in [3.8, 4) is 0 Å². The molecular formula is C8H11O4P. The van der Waals surface area contributed by atoms with Crippen LogP contribution in [0.5, 0.6) is 0 Å². The molecule has 0 heterocycles. The van der Waals surface area contributed by atoms with Crippen LogP contribution in [0.15, 0.2) is 24.3 Å². The number of aliphatic hydroxyl groups excluding tert-OH is 1. The predicted molar refractivity (Wildman–Crippen MR) is 48.9 cm³/mol. The van der Waals surface area contributed by atoms with Gasteiger partial charge in [0, 0.05) is 6.61 Å². The van der Waals surface area contributed by atoms with E-state index < -0.39 is 7.60 Å². The van der Waals surface area contributed by atoms with Crippen LogP contribution in [0.3, 0.4) is 0 Å². The maximum atomic E-state index is 10.7. The van der Waals surface area contributed by atoms with Gasteiger partial charge in [0.2, 0.25) is 0 Å². The monoisotopic (exact) mass is 202 g/mol. The highest BCUT2D eigenvalue weighted by atomic mass is 31.2. The normalized spacial score (nSPS) is 11.6. The molecule has 0 aliphatic heterocycles. The molecule has 0 unspecified atom stereocenters. The molecule has 5 heteroatoms. The summed E-state index contributed by atoms with van der Waals surface area (Å²) in [5.74, 6) is 0. The smallest absolute Gasteiger partial charge is 0.356 e. The minimum atomic E-state index is -4.12. The third kappa shape index (κ3) is 2.94. The Morgan fingerprint density at radius 3 is 2.08 bits per heavy atom. The van der Waals surface area contributed by atoms with Crippen molar-refractivity contribution in [1.82, 2.24) is 0 Å². The zero-order valence-electron chi connectivity index (χ0n) is 6.92. The highest BCUT2D eigenvalue weighted by Crippen LogP contribution is 2.32. The van der Waals surface area contributed by atoms with Gasteiger partial charge in [-0.25, -0.2) is 0 Å². The predicted octanol–water partition coefficient (Wildman–Crippen LogP) is 0.0244. The number of hydrogen-bond acceptors (Lipinski definition) is 2. The Balaban J connectivity index is 2.88. The summed E-state index contributed by atoms with van der Waals surface area (Å²) in [4.78, 5) is 17.5. The largest absolute Gasteiger partial charge is 0.396 e. The molecule has 0 aromatic heterocycles. The van der Waals surface area contributed by atoms with Gasteiger partial charge in [0.25, 0.3) is 0 Å². The van der Waals surface area contributed by atoms with Gasteiger partial charge in [-0.3, -0.25) is 4.57 Å². The SMILES string of the molecule is O=P(O)(O)c1ccc(CCO)cc1. The fraction of sp³-hybridized carbons (Fsp3) is 0.250. The molecule has 0 fully saturated rings. The van der Waals surface area contributed by atoms with E-state index in [-0.39, 0.29) is 11.9 Å². The summed E-state index contributed by atoms with van der Waals surface area (Å²) >= 11 is 0.